The fourth-order valence-electron chi connectivity index (χ4n) is 5.54. The van der Waals surface area contributed by atoms with Crippen molar-refractivity contribution < 1.29 is 26.4 Å². The lowest BCUT2D eigenvalue weighted by atomic mass is 9.82. The van der Waals surface area contributed by atoms with E-state index in [1.165, 1.54) is 0 Å². The Morgan fingerprint density at radius 1 is 1.06 bits per heavy atom. The summed E-state index contributed by atoms with van der Waals surface area (Å²) in [7, 11) is -3.57. The van der Waals surface area contributed by atoms with Crippen LogP contribution in [0.4, 0.5) is 13.2 Å². The van der Waals surface area contributed by atoms with Gasteiger partial charge in [0.25, 0.3) is 0 Å². The van der Waals surface area contributed by atoms with Crippen molar-refractivity contribution in [2.45, 2.75) is 74.9 Å². The Labute approximate surface area is 204 Å². The van der Waals surface area contributed by atoms with Gasteiger partial charge in [0.2, 0.25) is 5.91 Å². The molecule has 2 N–H and O–H groups in total. The van der Waals surface area contributed by atoms with Gasteiger partial charge in [-0.25, -0.2) is 21.6 Å². The standard InChI is InChI=1S/C26H31F3N2O3S/c1-2-16-4-3-5-21(10-16)35(33,34)9-8-26(32)31-19-6-7-20(31)12-18(11-19)25(30)14-17-13-23(28)24(29)15-22(17)27/h3-5,10,13,15,18-20,25H,2,6-9,11-12,14,30H2,1H3/t18?,19-,20+,25-/m1/s1. The molecule has 2 heterocycles. The summed E-state index contributed by atoms with van der Waals surface area (Å²) in [5.41, 5.74) is 7.32. The fourth-order valence-corrected chi connectivity index (χ4v) is 6.84. The monoisotopic (exact) mass is 508 g/mol. The van der Waals surface area contributed by atoms with Gasteiger partial charge in [-0.1, -0.05) is 19.1 Å². The molecule has 35 heavy (non-hydrogen) atoms. The molecule has 190 valence electrons. The zero-order valence-corrected chi connectivity index (χ0v) is 20.5. The van der Waals surface area contributed by atoms with Crippen molar-refractivity contribution in [3.05, 3.63) is 65.0 Å². The van der Waals surface area contributed by atoms with Crippen LogP contribution in [0.1, 0.15) is 50.2 Å². The normalized spacial score (nSPS) is 22.9. The number of benzene rings is 2. The Morgan fingerprint density at radius 3 is 2.37 bits per heavy atom. The first kappa shape index (κ1) is 25.7. The van der Waals surface area contributed by atoms with E-state index in [2.05, 4.69) is 0 Å². The van der Waals surface area contributed by atoms with Gasteiger partial charge in [0.05, 0.1) is 10.6 Å². The number of sulfone groups is 1. The van der Waals surface area contributed by atoms with Crippen LogP contribution in [0, 0.1) is 23.4 Å². The van der Waals surface area contributed by atoms with Crippen LogP contribution in [0.15, 0.2) is 41.3 Å². The van der Waals surface area contributed by atoms with Gasteiger partial charge in [-0.3, -0.25) is 4.79 Å². The first-order chi connectivity index (χ1) is 16.6. The number of amides is 1. The summed E-state index contributed by atoms with van der Waals surface area (Å²) in [6.07, 6.45) is 3.60. The Balaban J connectivity index is 1.37. The van der Waals surface area contributed by atoms with Crippen molar-refractivity contribution in [1.29, 1.82) is 0 Å². The summed E-state index contributed by atoms with van der Waals surface area (Å²) in [5, 5.41) is 0. The second kappa shape index (κ2) is 10.3. The second-order valence-corrected chi connectivity index (χ2v) is 11.8. The van der Waals surface area contributed by atoms with Gasteiger partial charge < -0.3 is 10.6 Å². The van der Waals surface area contributed by atoms with Gasteiger partial charge in [0.15, 0.2) is 21.5 Å². The average molecular weight is 509 g/mol. The zero-order valence-electron chi connectivity index (χ0n) is 19.7. The van der Waals surface area contributed by atoms with E-state index in [1.807, 2.05) is 17.9 Å². The predicted molar refractivity (Wildman–Crippen MR) is 127 cm³/mol. The molecule has 1 unspecified atom stereocenters. The summed E-state index contributed by atoms with van der Waals surface area (Å²) in [6, 6.07) is 7.66. The average Bonchev–Trinajstić information content (AvgIpc) is 3.10. The molecule has 2 bridgehead atoms. The molecule has 2 aromatic carbocycles. The summed E-state index contributed by atoms with van der Waals surface area (Å²) < 4.78 is 66.4. The summed E-state index contributed by atoms with van der Waals surface area (Å²) in [4.78, 5) is 15.1. The second-order valence-electron chi connectivity index (χ2n) is 9.71. The number of piperidine rings is 1. The number of nitrogens with zero attached hydrogens (tertiary/aromatic N) is 1. The zero-order chi connectivity index (χ0) is 25.3. The molecule has 0 aromatic heterocycles. The minimum absolute atomic E-state index is 0.00424. The molecule has 0 aliphatic carbocycles. The number of carbonyl (C=O) groups excluding carboxylic acids is 1. The van der Waals surface area contributed by atoms with Gasteiger partial charge in [0, 0.05) is 30.6 Å². The lowest BCUT2D eigenvalue weighted by Gasteiger charge is -2.41. The number of hydrogen-bond donors (Lipinski definition) is 1. The van der Waals surface area contributed by atoms with Crippen LogP contribution in [0.2, 0.25) is 0 Å². The molecule has 0 radical (unpaired) electrons. The van der Waals surface area contributed by atoms with Crippen LogP contribution >= 0.6 is 0 Å². The van der Waals surface area contributed by atoms with Crippen LogP contribution in [-0.2, 0) is 27.5 Å². The van der Waals surface area contributed by atoms with E-state index in [0.29, 0.717) is 18.9 Å². The Bertz CT molecular complexity index is 1190. The molecule has 2 saturated heterocycles. The van der Waals surface area contributed by atoms with Crippen molar-refractivity contribution in [2.75, 3.05) is 5.75 Å². The minimum Gasteiger partial charge on any atom is -0.337 e. The lowest BCUT2D eigenvalue weighted by molar-refractivity contribution is -0.136. The van der Waals surface area contributed by atoms with E-state index in [-0.39, 0.29) is 53.0 Å². The summed E-state index contributed by atoms with van der Waals surface area (Å²) >= 11 is 0. The molecular weight excluding hydrogens is 477 g/mol. The molecule has 1 amide bonds. The van der Waals surface area contributed by atoms with Gasteiger partial charge in [-0.05, 0) is 73.8 Å². The number of halogens is 3. The maximum absolute atomic E-state index is 14.1. The number of aryl methyl sites for hydroxylation is 1. The minimum atomic E-state index is -3.57. The Hall–Kier alpha value is -2.39. The molecule has 0 saturated carbocycles. The maximum Gasteiger partial charge on any atom is 0.224 e. The van der Waals surface area contributed by atoms with E-state index >= 15 is 0 Å². The highest BCUT2D eigenvalue weighted by Gasteiger charge is 2.44. The molecule has 0 spiro atoms. The SMILES string of the molecule is CCc1cccc(S(=O)(=O)CCC(=O)N2[C@@H]3CC[C@H]2CC([C@H](N)Cc2cc(F)c(F)cc2F)C3)c1. The van der Waals surface area contributed by atoms with E-state index in [1.54, 1.807) is 18.2 Å². The van der Waals surface area contributed by atoms with Gasteiger partial charge in [0.1, 0.15) is 5.82 Å². The first-order valence-electron chi connectivity index (χ1n) is 12.1. The lowest BCUT2D eigenvalue weighted by Crippen LogP contribution is -2.50. The predicted octanol–water partition coefficient (Wildman–Crippen LogP) is 4.17. The molecule has 4 atom stereocenters. The highest BCUT2D eigenvalue weighted by molar-refractivity contribution is 7.91. The van der Waals surface area contributed by atoms with Crippen molar-refractivity contribution in [1.82, 2.24) is 4.90 Å². The smallest absolute Gasteiger partial charge is 0.224 e. The third-order valence-electron chi connectivity index (χ3n) is 7.46. The summed E-state index contributed by atoms with van der Waals surface area (Å²) in [5.74, 6) is -3.57. The van der Waals surface area contributed by atoms with Crippen LogP contribution < -0.4 is 5.73 Å². The van der Waals surface area contributed by atoms with Crippen LogP contribution in [0.3, 0.4) is 0 Å². The fraction of sp³-hybridized carbons (Fsp3) is 0.500. The number of nitrogens with two attached hydrogens (primary N) is 1. The Kier molecular flexibility index (Phi) is 7.57. The van der Waals surface area contributed by atoms with Crippen LogP contribution in [0.25, 0.3) is 0 Å². The van der Waals surface area contributed by atoms with E-state index in [9.17, 15) is 26.4 Å². The largest absolute Gasteiger partial charge is 0.337 e. The number of carbonyl (C=O) groups is 1. The maximum atomic E-state index is 14.1. The number of hydrogen-bond acceptors (Lipinski definition) is 4. The molecule has 2 aliphatic heterocycles. The van der Waals surface area contributed by atoms with Crippen molar-refractivity contribution in [3.8, 4) is 0 Å². The van der Waals surface area contributed by atoms with Gasteiger partial charge in [-0.15, -0.1) is 0 Å². The van der Waals surface area contributed by atoms with Crippen LogP contribution in [-0.4, -0.2) is 43.1 Å². The van der Waals surface area contributed by atoms with Gasteiger partial charge >= 0.3 is 0 Å². The topological polar surface area (TPSA) is 80.5 Å². The molecule has 2 aliphatic rings. The van der Waals surface area contributed by atoms with Gasteiger partial charge in [-0.2, -0.15) is 0 Å². The quantitative estimate of drug-likeness (QED) is 0.543. The molecule has 2 fully saturated rings. The number of rotatable bonds is 8. The summed E-state index contributed by atoms with van der Waals surface area (Å²) in [6.45, 7) is 1.95. The molecule has 9 heteroatoms. The third-order valence-corrected chi connectivity index (χ3v) is 9.17. The van der Waals surface area contributed by atoms with Crippen molar-refractivity contribution in [2.24, 2.45) is 11.7 Å². The van der Waals surface area contributed by atoms with Crippen LogP contribution in [0.5, 0.6) is 0 Å². The molecular formula is C26H31F3N2O3S. The van der Waals surface area contributed by atoms with E-state index in [4.69, 9.17) is 5.73 Å². The molecule has 5 nitrogen and oxygen atoms in total. The Morgan fingerprint density at radius 2 is 1.71 bits per heavy atom. The number of fused-ring (bicyclic) bond motifs is 2. The van der Waals surface area contributed by atoms with Crippen molar-refractivity contribution in [3.63, 3.8) is 0 Å². The van der Waals surface area contributed by atoms with E-state index < -0.39 is 33.3 Å². The van der Waals surface area contributed by atoms with Crippen molar-refractivity contribution >= 4 is 15.7 Å². The highest BCUT2D eigenvalue weighted by atomic mass is 32.2. The molecule has 2 aromatic rings. The third kappa shape index (κ3) is 5.56. The first-order valence-corrected chi connectivity index (χ1v) is 13.8. The van der Waals surface area contributed by atoms with E-state index in [0.717, 1.165) is 30.9 Å². The molecule has 4 rings (SSSR count). The highest BCUT2D eigenvalue weighted by Crippen LogP contribution is 2.40.